The summed E-state index contributed by atoms with van der Waals surface area (Å²) in [5.41, 5.74) is 2.81. The SMILES string of the molecule is CNC(=O)c1c(-c2ccc(F)cc2)oc2cc(N(C)S(C)=O)c(C3CCCN(S(=O)(=O)Cc4cccc(F)c4)C3)cc12. The summed E-state index contributed by atoms with van der Waals surface area (Å²) in [6.07, 6.45) is 2.78. The van der Waals surface area contributed by atoms with E-state index in [1.54, 1.807) is 23.5 Å². The van der Waals surface area contributed by atoms with Gasteiger partial charge in [0.1, 0.15) is 34.0 Å². The number of sulfonamides is 1. The van der Waals surface area contributed by atoms with Crippen molar-refractivity contribution in [2.24, 2.45) is 0 Å². The van der Waals surface area contributed by atoms with Crippen molar-refractivity contribution in [1.82, 2.24) is 9.62 Å². The number of carbonyl (C=O) groups is 1. The van der Waals surface area contributed by atoms with Crippen molar-refractivity contribution in [2.75, 3.05) is 37.7 Å². The molecule has 2 atom stereocenters. The van der Waals surface area contributed by atoms with E-state index in [9.17, 15) is 26.2 Å². The van der Waals surface area contributed by atoms with Gasteiger partial charge in [0.25, 0.3) is 5.91 Å². The van der Waals surface area contributed by atoms with Gasteiger partial charge in [-0.25, -0.2) is 25.7 Å². The summed E-state index contributed by atoms with van der Waals surface area (Å²) in [7, 11) is -2.01. The number of carbonyl (C=O) groups excluding carboxylic acids is 1. The molecule has 1 saturated heterocycles. The van der Waals surface area contributed by atoms with Crippen LogP contribution in [0.25, 0.3) is 22.3 Å². The first-order chi connectivity index (χ1) is 20.0. The molecule has 0 bridgehead atoms. The van der Waals surface area contributed by atoms with Crippen LogP contribution < -0.4 is 9.62 Å². The van der Waals surface area contributed by atoms with Crippen molar-refractivity contribution in [1.29, 1.82) is 0 Å². The Labute approximate surface area is 245 Å². The maximum Gasteiger partial charge on any atom is 0.255 e. The summed E-state index contributed by atoms with van der Waals surface area (Å²) in [6, 6.07) is 14.7. The average molecular weight is 616 g/mol. The maximum absolute atomic E-state index is 13.7. The zero-order valence-corrected chi connectivity index (χ0v) is 25.0. The highest BCUT2D eigenvalue weighted by molar-refractivity contribution is 7.88. The second-order valence-corrected chi connectivity index (χ2v) is 13.7. The van der Waals surface area contributed by atoms with Crippen LogP contribution in [0.2, 0.25) is 0 Å². The average Bonchev–Trinajstić information content (AvgIpc) is 3.34. The Morgan fingerprint density at radius 3 is 2.52 bits per heavy atom. The summed E-state index contributed by atoms with van der Waals surface area (Å²) in [5, 5.41) is 3.15. The van der Waals surface area contributed by atoms with Crippen molar-refractivity contribution in [2.45, 2.75) is 24.5 Å². The van der Waals surface area contributed by atoms with Crippen LogP contribution >= 0.6 is 0 Å². The first kappa shape index (κ1) is 29.9. The molecule has 5 rings (SSSR count). The number of piperidine rings is 1. The van der Waals surface area contributed by atoms with Crippen molar-refractivity contribution >= 4 is 43.6 Å². The van der Waals surface area contributed by atoms with Crippen LogP contribution in [0.15, 0.2) is 65.1 Å². The van der Waals surface area contributed by atoms with Gasteiger partial charge < -0.3 is 9.73 Å². The zero-order chi connectivity index (χ0) is 30.2. The first-order valence-electron chi connectivity index (χ1n) is 13.4. The van der Waals surface area contributed by atoms with E-state index in [1.165, 1.54) is 60.1 Å². The molecule has 0 radical (unpaired) electrons. The molecule has 1 amide bonds. The fraction of sp³-hybridized carbons (Fsp3) is 0.300. The smallest absolute Gasteiger partial charge is 0.255 e. The molecule has 1 aliphatic heterocycles. The third-order valence-electron chi connectivity index (χ3n) is 7.58. The number of fused-ring (bicyclic) bond motifs is 1. The third-order valence-corrected chi connectivity index (χ3v) is 10.4. The molecule has 1 aliphatic rings. The van der Waals surface area contributed by atoms with Gasteiger partial charge in [-0.3, -0.25) is 9.10 Å². The van der Waals surface area contributed by atoms with E-state index in [0.717, 1.165) is 5.56 Å². The normalized spacial score (nSPS) is 16.8. The maximum atomic E-state index is 13.7. The van der Waals surface area contributed by atoms with Gasteiger partial charge in [0.15, 0.2) is 0 Å². The van der Waals surface area contributed by atoms with Crippen LogP contribution in [0.5, 0.6) is 0 Å². The molecule has 42 heavy (non-hydrogen) atoms. The highest BCUT2D eigenvalue weighted by Gasteiger charge is 2.33. The van der Waals surface area contributed by atoms with Crippen LogP contribution in [0.4, 0.5) is 14.5 Å². The minimum absolute atomic E-state index is 0.165. The molecule has 12 heteroatoms. The Hall–Kier alpha value is -3.61. The second kappa shape index (κ2) is 11.9. The Bertz CT molecular complexity index is 1770. The third kappa shape index (κ3) is 5.97. The van der Waals surface area contributed by atoms with E-state index in [1.807, 2.05) is 6.07 Å². The monoisotopic (exact) mass is 615 g/mol. The minimum atomic E-state index is -3.77. The molecule has 1 N–H and O–H groups in total. The summed E-state index contributed by atoms with van der Waals surface area (Å²) >= 11 is 0. The molecule has 4 aromatic rings. The molecule has 0 saturated carbocycles. The molecular formula is C30H31F2N3O5S2. The lowest BCUT2D eigenvalue weighted by Crippen LogP contribution is -2.40. The standard InChI is InChI=1S/C30H31F2N3O5S2/c1-33-30(36)28-25-15-24(21-7-5-13-35(17-21)42(38,39)18-19-6-4-8-23(32)14-19)26(34(2)41(3)37)16-27(25)40-29(28)20-9-11-22(31)12-10-20/h4,6,8-12,14-16,21H,5,7,13,17-18H2,1-3H3,(H,33,36). The van der Waals surface area contributed by atoms with Crippen molar-refractivity contribution in [3.8, 4) is 11.3 Å². The van der Waals surface area contributed by atoms with E-state index in [4.69, 9.17) is 4.42 Å². The van der Waals surface area contributed by atoms with Crippen LogP contribution in [-0.4, -0.2) is 56.3 Å². The number of rotatable bonds is 8. The van der Waals surface area contributed by atoms with Crippen LogP contribution in [-0.2, 0) is 26.8 Å². The van der Waals surface area contributed by atoms with Gasteiger partial charge >= 0.3 is 0 Å². The number of amides is 1. The second-order valence-electron chi connectivity index (χ2n) is 10.3. The highest BCUT2D eigenvalue weighted by Crippen LogP contribution is 2.42. The van der Waals surface area contributed by atoms with Gasteiger partial charge in [-0.05, 0) is 72.4 Å². The fourth-order valence-electron chi connectivity index (χ4n) is 5.42. The highest BCUT2D eigenvalue weighted by atomic mass is 32.2. The molecule has 8 nitrogen and oxygen atoms in total. The molecule has 1 aromatic heterocycles. The lowest BCUT2D eigenvalue weighted by atomic mass is 9.89. The Kier molecular flexibility index (Phi) is 8.49. The van der Waals surface area contributed by atoms with Crippen LogP contribution in [0.3, 0.4) is 0 Å². The number of nitrogens with zero attached hydrogens (tertiary/aromatic N) is 2. The van der Waals surface area contributed by atoms with E-state index in [0.29, 0.717) is 47.2 Å². The number of furan rings is 1. The van der Waals surface area contributed by atoms with Gasteiger partial charge in [-0.15, -0.1) is 0 Å². The number of halogens is 2. The molecule has 3 aromatic carbocycles. The number of benzene rings is 3. The van der Waals surface area contributed by atoms with Crippen molar-refractivity contribution in [3.05, 3.63) is 89.0 Å². The largest absolute Gasteiger partial charge is 0.455 e. The number of hydrogen-bond acceptors (Lipinski definition) is 5. The van der Waals surface area contributed by atoms with Crippen molar-refractivity contribution in [3.63, 3.8) is 0 Å². The van der Waals surface area contributed by atoms with Gasteiger partial charge in [0.2, 0.25) is 10.0 Å². The number of hydrogen-bond donors (Lipinski definition) is 1. The Morgan fingerprint density at radius 1 is 1.12 bits per heavy atom. The topological polar surface area (TPSA) is 99.9 Å². The molecule has 2 unspecified atom stereocenters. The summed E-state index contributed by atoms with van der Waals surface area (Å²) in [6.45, 7) is 0.490. The minimum Gasteiger partial charge on any atom is -0.455 e. The molecule has 0 spiro atoms. The number of nitrogens with one attached hydrogen (secondary N) is 1. The number of anilines is 1. The van der Waals surface area contributed by atoms with Crippen LogP contribution in [0, 0.1) is 11.6 Å². The van der Waals surface area contributed by atoms with Gasteiger partial charge in [-0.1, -0.05) is 12.1 Å². The summed E-state index contributed by atoms with van der Waals surface area (Å²) in [5.74, 6) is -1.68. The van der Waals surface area contributed by atoms with Crippen LogP contribution in [0.1, 0.15) is 40.2 Å². The summed E-state index contributed by atoms with van der Waals surface area (Å²) in [4.78, 5) is 13.1. The molecule has 2 heterocycles. The van der Waals surface area contributed by atoms with Gasteiger partial charge in [0, 0.05) is 50.5 Å². The van der Waals surface area contributed by atoms with Gasteiger partial charge in [0.05, 0.1) is 17.0 Å². The fourth-order valence-corrected chi connectivity index (χ4v) is 7.45. The van der Waals surface area contributed by atoms with E-state index in [2.05, 4.69) is 5.32 Å². The molecular weight excluding hydrogens is 584 g/mol. The Balaban J connectivity index is 1.60. The first-order valence-corrected chi connectivity index (χ1v) is 16.5. The summed E-state index contributed by atoms with van der Waals surface area (Å²) < 4.78 is 76.0. The van der Waals surface area contributed by atoms with Gasteiger partial charge in [-0.2, -0.15) is 0 Å². The molecule has 1 fully saturated rings. The predicted molar refractivity (Wildman–Crippen MR) is 160 cm³/mol. The lowest BCUT2D eigenvalue weighted by molar-refractivity contribution is 0.0964. The zero-order valence-electron chi connectivity index (χ0n) is 23.4. The predicted octanol–water partition coefficient (Wildman–Crippen LogP) is 5.18. The molecule has 0 aliphatic carbocycles. The van der Waals surface area contributed by atoms with E-state index >= 15 is 0 Å². The van der Waals surface area contributed by atoms with E-state index in [-0.39, 0.29) is 29.5 Å². The molecule has 222 valence electrons. The van der Waals surface area contributed by atoms with E-state index < -0.39 is 38.6 Å². The lowest BCUT2D eigenvalue weighted by Gasteiger charge is -2.34. The Morgan fingerprint density at radius 2 is 1.86 bits per heavy atom. The van der Waals surface area contributed by atoms with Crippen molar-refractivity contribution < 1.29 is 30.6 Å². The quantitative estimate of drug-likeness (QED) is 0.295.